The van der Waals surface area contributed by atoms with Crippen LogP contribution in [0.1, 0.15) is 22.3 Å². The maximum Gasteiger partial charge on any atom is 0.0713 e. The molecule has 13 rings (SSSR count). The molecule has 0 aromatic heterocycles. The standard InChI is InChI=1S/C71H49N/c1-4-17-50(18-5-1)57-21-14-22-58(47-57)54-39-43-63(44-40-54)72(65-28-15-23-59(49-65)52-33-35-53(36-34-52)60-38-37-51-19-10-11-20-56(51)48-60)64-45-41-55(42-46-64)66-30-16-32-69-70(66)67-29-12-13-31-68(67)71(69,61-24-6-2-7-25-61)62-26-8-3-9-27-62/h1-49H. The van der Waals surface area contributed by atoms with Gasteiger partial charge in [-0.15, -0.1) is 0 Å². The molecule has 72 heavy (non-hydrogen) atoms. The molecule has 0 amide bonds. The van der Waals surface area contributed by atoms with Crippen molar-refractivity contribution in [3.63, 3.8) is 0 Å². The molecule has 1 heteroatoms. The lowest BCUT2D eigenvalue weighted by molar-refractivity contribution is 0.768. The Bertz CT molecular complexity index is 3840. The van der Waals surface area contributed by atoms with E-state index in [1.807, 2.05) is 0 Å². The molecule has 0 saturated heterocycles. The van der Waals surface area contributed by atoms with Crippen LogP contribution in [0.3, 0.4) is 0 Å². The highest BCUT2D eigenvalue weighted by molar-refractivity contribution is 5.96. The van der Waals surface area contributed by atoms with Gasteiger partial charge in [-0.05, 0) is 148 Å². The predicted molar refractivity (Wildman–Crippen MR) is 303 cm³/mol. The van der Waals surface area contributed by atoms with E-state index in [2.05, 4.69) is 302 Å². The van der Waals surface area contributed by atoms with Crippen LogP contribution in [-0.2, 0) is 5.41 Å². The van der Waals surface area contributed by atoms with Crippen molar-refractivity contribution >= 4 is 27.8 Å². The molecule has 0 fully saturated rings. The van der Waals surface area contributed by atoms with Crippen molar-refractivity contribution in [1.82, 2.24) is 0 Å². The van der Waals surface area contributed by atoms with Gasteiger partial charge in [-0.3, -0.25) is 0 Å². The topological polar surface area (TPSA) is 3.24 Å². The number of rotatable bonds is 10. The summed E-state index contributed by atoms with van der Waals surface area (Å²) in [5, 5.41) is 2.50. The van der Waals surface area contributed by atoms with E-state index in [1.165, 1.54) is 94.2 Å². The smallest absolute Gasteiger partial charge is 0.0713 e. The van der Waals surface area contributed by atoms with Crippen molar-refractivity contribution in [1.29, 1.82) is 0 Å². The second kappa shape index (κ2) is 18.2. The summed E-state index contributed by atoms with van der Waals surface area (Å²) in [6, 6.07) is 109. The summed E-state index contributed by atoms with van der Waals surface area (Å²) in [6.07, 6.45) is 0. The maximum atomic E-state index is 2.39. The predicted octanol–water partition coefficient (Wildman–Crippen LogP) is 19.0. The van der Waals surface area contributed by atoms with E-state index in [1.54, 1.807) is 0 Å². The van der Waals surface area contributed by atoms with Crippen molar-refractivity contribution in [3.05, 3.63) is 320 Å². The van der Waals surface area contributed by atoms with Crippen LogP contribution >= 0.6 is 0 Å². The second-order valence-corrected chi connectivity index (χ2v) is 18.8. The van der Waals surface area contributed by atoms with Crippen LogP contribution in [0, 0.1) is 0 Å². The van der Waals surface area contributed by atoms with Crippen LogP contribution in [0.4, 0.5) is 17.1 Å². The molecule has 1 aliphatic rings. The monoisotopic (exact) mass is 915 g/mol. The molecular formula is C71H49N. The number of benzene rings is 12. The molecule has 12 aromatic rings. The van der Waals surface area contributed by atoms with Crippen LogP contribution in [0.15, 0.2) is 297 Å². The number of hydrogen-bond acceptors (Lipinski definition) is 1. The van der Waals surface area contributed by atoms with Gasteiger partial charge in [0.2, 0.25) is 0 Å². The molecule has 338 valence electrons. The molecule has 0 heterocycles. The fraction of sp³-hybridized carbons (Fsp3) is 0.0141. The zero-order valence-corrected chi connectivity index (χ0v) is 39.7. The summed E-state index contributed by atoms with van der Waals surface area (Å²) < 4.78 is 0. The van der Waals surface area contributed by atoms with E-state index in [9.17, 15) is 0 Å². The van der Waals surface area contributed by atoms with Gasteiger partial charge in [0, 0.05) is 17.1 Å². The second-order valence-electron chi connectivity index (χ2n) is 18.8. The van der Waals surface area contributed by atoms with Gasteiger partial charge in [0.1, 0.15) is 0 Å². The van der Waals surface area contributed by atoms with Crippen molar-refractivity contribution in [2.45, 2.75) is 5.41 Å². The Hall–Kier alpha value is -9.30. The Morgan fingerprint density at radius 2 is 0.639 bits per heavy atom. The van der Waals surface area contributed by atoms with Crippen LogP contribution in [-0.4, -0.2) is 0 Å². The van der Waals surface area contributed by atoms with E-state index < -0.39 is 5.41 Å². The molecule has 1 nitrogen and oxygen atoms in total. The number of hydrogen-bond donors (Lipinski definition) is 0. The van der Waals surface area contributed by atoms with Crippen molar-refractivity contribution in [2.24, 2.45) is 0 Å². The van der Waals surface area contributed by atoms with E-state index in [4.69, 9.17) is 0 Å². The van der Waals surface area contributed by atoms with Gasteiger partial charge in [-0.25, -0.2) is 0 Å². The lowest BCUT2D eigenvalue weighted by atomic mass is 9.67. The molecule has 0 bridgehead atoms. The molecule has 0 radical (unpaired) electrons. The lowest BCUT2D eigenvalue weighted by Crippen LogP contribution is -2.28. The normalized spacial score (nSPS) is 12.3. The minimum atomic E-state index is -0.460. The summed E-state index contributed by atoms with van der Waals surface area (Å²) in [5.41, 5.74) is 22.4. The van der Waals surface area contributed by atoms with Crippen molar-refractivity contribution in [2.75, 3.05) is 4.90 Å². The summed E-state index contributed by atoms with van der Waals surface area (Å²) in [4.78, 5) is 2.39. The minimum Gasteiger partial charge on any atom is -0.310 e. The van der Waals surface area contributed by atoms with Gasteiger partial charge >= 0.3 is 0 Å². The van der Waals surface area contributed by atoms with Gasteiger partial charge in [-0.1, -0.05) is 249 Å². The van der Waals surface area contributed by atoms with E-state index in [-0.39, 0.29) is 0 Å². The number of anilines is 3. The maximum absolute atomic E-state index is 2.39. The van der Waals surface area contributed by atoms with Crippen LogP contribution in [0.5, 0.6) is 0 Å². The van der Waals surface area contributed by atoms with Gasteiger partial charge in [0.05, 0.1) is 5.41 Å². The average molecular weight is 916 g/mol. The van der Waals surface area contributed by atoms with Gasteiger partial charge in [0.25, 0.3) is 0 Å². The van der Waals surface area contributed by atoms with Crippen molar-refractivity contribution < 1.29 is 0 Å². The van der Waals surface area contributed by atoms with E-state index in [0.717, 1.165) is 22.6 Å². The average Bonchev–Trinajstić information content (AvgIpc) is 3.78. The summed E-state index contributed by atoms with van der Waals surface area (Å²) in [6.45, 7) is 0. The summed E-state index contributed by atoms with van der Waals surface area (Å²) in [7, 11) is 0. The van der Waals surface area contributed by atoms with Crippen LogP contribution in [0.25, 0.3) is 77.5 Å². The minimum absolute atomic E-state index is 0.460. The molecule has 1 aliphatic carbocycles. The zero-order valence-electron chi connectivity index (χ0n) is 39.7. The Morgan fingerprint density at radius 3 is 1.28 bits per heavy atom. The fourth-order valence-corrected chi connectivity index (χ4v) is 11.3. The Balaban J connectivity index is 0.900. The summed E-state index contributed by atoms with van der Waals surface area (Å²) >= 11 is 0. The Labute approximate surface area is 422 Å². The van der Waals surface area contributed by atoms with Gasteiger partial charge in [0.15, 0.2) is 0 Å². The lowest BCUT2D eigenvalue weighted by Gasteiger charge is -2.34. The van der Waals surface area contributed by atoms with Gasteiger partial charge < -0.3 is 4.90 Å². The van der Waals surface area contributed by atoms with E-state index >= 15 is 0 Å². The molecule has 0 unspecified atom stereocenters. The third-order valence-corrected chi connectivity index (χ3v) is 14.8. The molecule has 0 aliphatic heterocycles. The molecule has 0 spiro atoms. The quantitative estimate of drug-likeness (QED) is 0.132. The first-order valence-electron chi connectivity index (χ1n) is 24.9. The first-order chi connectivity index (χ1) is 35.7. The number of fused-ring (bicyclic) bond motifs is 4. The van der Waals surface area contributed by atoms with Gasteiger partial charge in [-0.2, -0.15) is 0 Å². The first kappa shape index (κ1) is 42.8. The Kier molecular flexibility index (Phi) is 10.8. The van der Waals surface area contributed by atoms with Crippen molar-refractivity contribution in [3.8, 4) is 66.8 Å². The largest absolute Gasteiger partial charge is 0.310 e. The number of nitrogens with zero attached hydrogens (tertiary/aromatic N) is 1. The SMILES string of the molecule is c1ccc(-c2cccc(-c3ccc(N(c4ccc(-c5cccc6c5-c5ccccc5C6(c5ccccc5)c5ccccc5)cc4)c4cccc(-c5ccc(-c6ccc7ccccc7c6)cc5)c4)cc3)c2)cc1. The molecule has 0 atom stereocenters. The van der Waals surface area contributed by atoms with Crippen LogP contribution < -0.4 is 4.90 Å². The third kappa shape index (κ3) is 7.51. The Morgan fingerprint density at radius 1 is 0.222 bits per heavy atom. The summed E-state index contributed by atoms with van der Waals surface area (Å²) in [5.74, 6) is 0. The highest BCUT2D eigenvalue weighted by Gasteiger charge is 2.46. The molecule has 12 aromatic carbocycles. The first-order valence-corrected chi connectivity index (χ1v) is 24.9. The van der Waals surface area contributed by atoms with E-state index in [0.29, 0.717) is 0 Å². The molecule has 0 saturated carbocycles. The highest BCUT2D eigenvalue weighted by Crippen LogP contribution is 2.58. The third-order valence-electron chi connectivity index (χ3n) is 14.8. The zero-order chi connectivity index (χ0) is 47.8. The molecule has 0 N–H and O–H groups in total. The highest BCUT2D eigenvalue weighted by atomic mass is 15.1. The van der Waals surface area contributed by atoms with Crippen LogP contribution in [0.2, 0.25) is 0 Å². The molecular weight excluding hydrogens is 867 g/mol. The fourth-order valence-electron chi connectivity index (χ4n) is 11.3.